The second-order valence-electron chi connectivity index (χ2n) is 4.91. The average Bonchev–Trinajstić information content (AvgIpc) is 2.49. The monoisotopic (exact) mass is 182 g/mol. The van der Waals surface area contributed by atoms with Crippen LogP contribution in [0.4, 0.5) is 0 Å². The van der Waals surface area contributed by atoms with Gasteiger partial charge in [0.1, 0.15) is 0 Å². The van der Waals surface area contributed by atoms with E-state index >= 15 is 0 Å². The van der Waals surface area contributed by atoms with E-state index in [-0.39, 0.29) is 0 Å². The topological polar surface area (TPSA) is 15.3 Å². The van der Waals surface area contributed by atoms with Crippen molar-refractivity contribution in [3.8, 4) is 0 Å². The van der Waals surface area contributed by atoms with Crippen molar-refractivity contribution in [3.63, 3.8) is 0 Å². The lowest BCUT2D eigenvalue weighted by molar-refractivity contribution is 0.114. The maximum absolute atomic E-state index is 3.53. The standard InChI is InChI=1S/C11H22N2/c1-3-10-8-12-6-4-11(10)5-7-13(2)9-11/h10,12H,3-9H2,1-2H3. The minimum absolute atomic E-state index is 0.675. The third-order valence-electron chi connectivity index (χ3n) is 4.13. The Labute approximate surface area is 81.7 Å². The Morgan fingerprint density at radius 2 is 2.31 bits per heavy atom. The van der Waals surface area contributed by atoms with Gasteiger partial charge in [-0.1, -0.05) is 13.3 Å². The number of nitrogens with one attached hydrogen (secondary N) is 1. The summed E-state index contributed by atoms with van der Waals surface area (Å²) < 4.78 is 0. The summed E-state index contributed by atoms with van der Waals surface area (Å²) in [6.45, 7) is 7.50. The van der Waals surface area contributed by atoms with Gasteiger partial charge in [-0.05, 0) is 50.9 Å². The van der Waals surface area contributed by atoms with Crippen molar-refractivity contribution in [1.29, 1.82) is 0 Å². The van der Waals surface area contributed by atoms with Crippen LogP contribution in [0.15, 0.2) is 0 Å². The van der Waals surface area contributed by atoms with Gasteiger partial charge in [0.05, 0.1) is 0 Å². The molecule has 0 aliphatic carbocycles. The third-order valence-corrected chi connectivity index (χ3v) is 4.13. The highest BCUT2D eigenvalue weighted by molar-refractivity contribution is 4.96. The predicted molar refractivity (Wildman–Crippen MR) is 55.8 cm³/mol. The quantitative estimate of drug-likeness (QED) is 0.658. The molecule has 2 fully saturated rings. The molecule has 0 radical (unpaired) electrons. The molecule has 1 spiro atoms. The fraction of sp³-hybridized carbons (Fsp3) is 1.00. The smallest absolute Gasteiger partial charge is 0.00390 e. The lowest BCUT2D eigenvalue weighted by atomic mass is 9.69. The largest absolute Gasteiger partial charge is 0.316 e. The molecule has 2 unspecified atom stereocenters. The lowest BCUT2D eigenvalue weighted by Crippen LogP contribution is -2.46. The first-order valence-electron chi connectivity index (χ1n) is 5.66. The van der Waals surface area contributed by atoms with Gasteiger partial charge in [-0.15, -0.1) is 0 Å². The third kappa shape index (κ3) is 1.62. The van der Waals surface area contributed by atoms with Crippen molar-refractivity contribution in [3.05, 3.63) is 0 Å². The molecule has 0 aromatic heterocycles. The highest BCUT2D eigenvalue weighted by atomic mass is 15.1. The zero-order chi connectivity index (χ0) is 9.31. The van der Waals surface area contributed by atoms with E-state index in [2.05, 4.69) is 24.2 Å². The van der Waals surface area contributed by atoms with E-state index in [1.165, 1.54) is 45.4 Å². The van der Waals surface area contributed by atoms with Crippen LogP contribution in [0.5, 0.6) is 0 Å². The van der Waals surface area contributed by atoms with Crippen LogP contribution in [0, 0.1) is 11.3 Å². The van der Waals surface area contributed by atoms with Gasteiger partial charge >= 0.3 is 0 Å². The van der Waals surface area contributed by atoms with E-state index in [9.17, 15) is 0 Å². The van der Waals surface area contributed by atoms with E-state index in [1.54, 1.807) is 0 Å². The van der Waals surface area contributed by atoms with E-state index in [1.807, 2.05) is 0 Å². The molecule has 2 rings (SSSR count). The molecule has 2 aliphatic heterocycles. The first-order valence-corrected chi connectivity index (χ1v) is 5.66. The first kappa shape index (κ1) is 9.47. The zero-order valence-electron chi connectivity index (χ0n) is 8.97. The number of hydrogen-bond donors (Lipinski definition) is 1. The summed E-state index contributed by atoms with van der Waals surface area (Å²) in [6.07, 6.45) is 4.18. The summed E-state index contributed by atoms with van der Waals surface area (Å²) >= 11 is 0. The van der Waals surface area contributed by atoms with Gasteiger partial charge in [0, 0.05) is 6.54 Å². The van der Waals surface area contributed by atoms with E-state index < -0.39 is 0 Å². The molecule has 2 atom stereocenters. The normalized spacial score (nSPS) is 41.5. The van der Waals surface area contributed by atoms with Crippen molar-refractivity contribution in [1.82, 2.24) is 10.2 Å². The van der Waals surface area contributed by atoms with E-state index in [0.717, 1.165) is 5.92 Å². The number of likely N-dealkylation sites (tertiary alicyclic amines) is 1. The zero-order valence-corrected chi connectivity index (χ0v) is 8.97. The summed E-state index contributed by atoms with van der Waals surface area (Å²) in [5.41, 5.74) is 0.675. The average molecular weight is 182 g/mol. The van der Waals surface area contributed by atoms with Crippen molar-refractivity contribution in [2.24, 2.45) is 11.3 Å². The number of piperidine rings is 1. The van der Waals surface area contributed by atoms with Crippen LogP contribution in [0.25, 0.3) is 0 Å². The van der Waals surface area contributed by atoms with Crippen molar-refractivity contribution in [2.75, 3.05) is 33.2 Å². The molecule has 0 aromatic carbocycles. The Kier molecular flexibility index (Phi) is 2.61. The summed E-state index contributed by atoms with van der Waals surface area (Å²) in [7, 11) is 2.27. The van der Waals surface area contributed by atoms with E-state index in [0.29, 0.717) is 5.41 Å². The highest BCUT2D eigenvalue weighted by Crippen LogP contribution is 2.43. The molecule has 2 heteroatoms. The summed E-state index contributed by atoms with van der Waals surface area (Å²) in [5, 5.41) is 3.53. The van der Waals surface area contributed by atoms with Gasteiger partial charge in [0.15, 0.2) is 0 Å². The van der Waals surface area contributed by atoms with Gasteiger partial charge in [-0.2, -0.15) is 0 Å². The molecular weight excluding hydrogens is 160 g/mol. The molecular formula is C11H22N2. The fourth-order valence-corrected chi connectivity index (χ4v) is 3.26. The van der Waals surface area contributed by atoms with Gasteiger partial charge in [-0.3, -0.25) is 0 Å². The number of nitrogens with zero attached hydrogens (tertiary/aromatic N) is 1. The molecule has 0 bridgehead atoms. The Hall–Kier alpha value is -0.0800. The van der Waals surface area contributed by atoms with Gasteiger partial charge < -0.3 is 10.2 Å². The van der Waals surface area contributed by atoms with Crippen LogP contribution >= 0.6 is 0 Å². The number of rotatable bonds is 1. The maximum Gasteiger partial charge on any atom is 0.00390 e. The van der Waals surface area contributed by atoms with Crippen LogP contribution < -0.4 is 5.32 Å². The van der Waals surface area contributed by atoms with E-state index in [4.69, 9.17) is 0 Å². The predicted octanol–water partition coefficient (Wildman–Crippen LogP) is 1.33. The Morgan fingerprint density at radius 1 is 1.46 bits per heavy atom. The number of hydrogen-bond acceptors (Lipinski definition) is 2. The molecule has 76 valence electrons. The minimum atomic E-state index is 0.675. The van der Waals surface area contributed by atoms with Crippen LogP contribution in [-0.4, -0.2) is 38.1 Å². The highest BCUT2D eigenvalue weighted by Gasteiger charge is 2.43. The Bertz CT molecular complexity index is 177. The molecule has 0 saturated carbocycles. The second kappa shape index (κ2) is 3.58. The summed E-state index contributed by atoms with van der Waals surface area (Å²) in [4.78, 5) is 2.51. The lowest BCUT2D eigenvalue weighted by Gasteiger charge is -2.41. The van der Waals surface area contributed by atoms with Crippen LogP contribution in [0.3, 0.4) is 0 Å². The molecule has 2 nitrogen and oxygen atoms in total. The van der Waals surface area contributed by atoms with Crippen LogP contribution in [-0.2, 0) is 0 Å². The molecule has 13 heavy (non-hydrogen) atoms. The minimum Gasteiger partial charge on any atom is -0.316 e. The molecule has 0 amide bonds. The fourth-order valence-electron chi connectivity index (χ4n) is 3.26. The van der Waals surface area contributed by atoms with Crippen LogP contribution in [0.1, 0.15) is 26.2 Å². The SMILES string of the molecule is CCC1CNCCC12CCN(C)C2. The van der Waals surface area contributed by atoms with Gasteiger partial charge in [0.2, 0.25) is 0 Å². The molecule has 2 heterocycles. The molecule has 0 aromatic rings. The molecule has 2 saturated heterocycles. The van der Waals surface area contributed by atoms with Gasteiger partial charge in [0.25, 0.3) is 0 Å². The maximum atomic E-state index is 3.53. The second-order valence-corrected chi connectivity index (χ2v) is 4.91. The Morgan fingerprint density at radius 3 is 2.92 bits per heavy atom. The summed E-state index contributed by atoms with van der Waals surface area (Å²) in [5.74, 6) is 0.922. The Balaban J connectivity index is 2.08. The van der Waals surface area contributed by atoms with Crippen molar-refractivity contribution >= 4 is 0 Å². The van der Waals surface area contributed by atoms with Crippen LogP contribution in [0.2, 0.25) is 0 Å². The molecule has 1 N–H and O–H groups in total. The van der Waals surface area contributed by atoms with Crippen molar-refractivity contribution in [2.45, 2.75) is 26.2 Å². The summed E-state index contributed by atoms with van der Waals surface area (Å²) in [6, 6.07) is 0. The van der Waals surface area contributed by atoms with Crippen molar-refractivity contribution < 1.29 is 0 Å². The first-order chi connectivity index (χ1) is 6.27. The molecule has 2 aliphatic rings. The van der Waals surface area contributed by atoms with Gasteiger partial charge in [-0.25, -0.2) is 0 Å².